The third kappa shape index (κ3) is 5.27. The van der Waals surface area contributed by atoms with Crippen LogP contribution in [0.25, 0.3) is 5.69 Å². The minimum Gasteiger partial charge on any atom is -0.325 e. The Hall–Kier alpha value is -2.93. The van der Waals surface area contributed by atoms with Crippen LogP contribution in [0.3, 0.4) is 0 Å². The molecule has 0 aliphatic heterocycles. The molecule has 2 N–H and O–H groups in total. The van der Waals surface area contributed by atoms with Crippen molar-refractivity contribution in [3.05, 3.63) is 71.0 Å². The fourth-order valence-electron chi connectivity index (χ4n) is 2.60. The predicted octanol–water partition coefficient (Wildman–Crippen LogP) is 4.16. The molecule has 0 saturated heterocycles. The Morgan fingerprint density at radius 2 is 1.85 bits per heavy atom. The zero-order chi connectivity index (χ0) is 19.2. The lowest BCUT2D eigenvalue weighted by Gasteiger charge is -2.12. The molecule has 1 heterocycles. The normalized spacial score (nSPS) is 10.4. The van der Waals surface area contributed by atoms with E-state index in [4.69, 9.17) is 0 Å². The van der Waals surface area contributed by atoms with Crippen LogP contribution in [0.1, 0.15) is 18.9 Å². The van der Waals surface area contributed by atoms with E-state index in [9.17, 15) is 9.59 Å². The molecule has 1 aromatic heterocycles. The summed E-state index contributed by atoms with van der Waals surface area (Å²) in [5.41, 5.74) is 3.08. The van der Waals surface area contributed by atoms with Crippen molar-refractivity contribution >= 4 is 39.1 Å². The number of hydrogen-bond donors (Lipinski definition) is 2. The maximum Gasteiger partial charge on any atom is 0.224 e. The van der Waals surface area contributed by atoms with Gasteiger partial charge in [0.25, 0.3) is 0 Å². The molecule has 3 aromatic rings. The van der Waals surface area contributed by atoms with E-state index in [0.717, 1.165) is 15.7 Å². The van der Waals surface area contributed by atoms with Gasteiger partial charge in [-0.3, -0.25) is 9.59 Å². The van der Waals surface area contributed by atoms with E-state index in [1.165, 1.54) is 6.92 Å². The van der Waals surface area contributed by atoms with Crippen molar-refractivity contribution in [2.24, 2.45) is 0 Å². The van der Waals surface area contributed by atoms with Gasteiger partial charge >= 0.3 is 0 Å². The van der Waals surface area contributed by atoms with E-state index in [2.05, 4.69) is 31.7 Å². The third-order valence-corrected chi connectivity index (χ3v) is 4.36. The molecule has 0 aliphatic carbocycles. The minimum absolute atomic E-state index is 0.132. The topological polar surface area (TPSA) is 76.0 Å². The van der Waals surface area contributed by atoms with Crippen LogP contribution in [-0.2, 0) is 16.0 Å². The van der Waals surface area contributed by atoms with Gasteiger partial charge in [0, 0.05) is 24.0 Å². The highest BCUT2D eigenvalue weighted by molar-refractivity contribution is 9.10. The van der Waals surface area contributed by atoms with Gasteiger partial charge in [-0.05, 0) is 42.3 Å². The van der Waals surface area contributed by atoms with Crippen LogP contribution >= 0.6 is 15.9 Å². The van der Waals surface area contributed by atoms with E-state index in [0.29, 0.717) is 24.2 Å². The van der Waals surface area contributed by atoms with Gasteiger partial charge in [-0.25, -0.2) is 4.68 Å². The Bertz CT molecular complexity index is 954. The van der Waals surface area contributed by atoms with Crippen LogP contribution in [0.5, 0.6) is 0 Å². The monoisotopic (exact) mass is 426 g/mol. The number of carbonyl (C=O) groups is 2. The first-order valence-electron chi connectivity index (χ1n) is 8.47. The van der Waals surface area contributed by atoms with Crippen molar-refractivity contribution in [1.82, 2.24) is 9.78 Å². The Morgan fingerprint density at radius 1 is 1.07 bits per heavy atom. The van der Waals surface area contributed by atoms with Gasteiger partial charge in [-0.15, -0.1) is 0 Å². The van der Waals surface area contributed by atoms with E-state index in [1.807, 2.05) is 36.5 Å². The highest BCUT2D eigenvalue weighted by Crippen LogP contribution is 2.26. The number of para-hydroxylation sites is 1. The zero-order valence-electron chi connectivity index (χ0n) is 14.8. The summed E-state index contributed by atoms with van der Waals surface area (Å²) >= 11 is 3.38. The standard InChI is InChI=1S/C20H19BrN4O2/c1-14(26)23-18-9-8-16(21)11-19(18)24-20(27)10-7-15-12-22-25(13-15)17-5-3-2-4-6-17/h2-6,8-9,11-13H,7,10H2,1H3,(H,23,26)(H,24,27). The molecule has 2 aromatic carbocycles. The van der Waals surface area contributed by atoms with Gasteiger partial charge < -0.3 is 10.6 Å². The Morgan fingerprint density at radius 3 is 2.59 bits per heavy atom. The lowest BCUT2D eigenvalue weighted by atomic mass is 10.2. The fraction of sp³-hybridized carbons (Fsp3) is 0.150. The van der Waals surface area contributed by atoms with E-state index < -0.39 is 0 Å². The minimum atomic E-state index is -0.193. The average Bonchev–Trinajstić information content (AvgIpc) is 3.12. The smallest absolute Gasteiger partial charge is 0.224 e. The zero-order valence-corrected chi connectivity index (χ0v) is 16.4. The molecule has 6 nitrogen and oxygen atoms in total. The fourth-order valence-corrected chi connectivity index (χ4v) is 2.96. The van der Waals surface area contributed by atoms with E-state index >= 15 is 0 Å². The molecule has 27 heavy (non-hydrogen) atoms. The summed E-state index contributed by atoms with van der Waals surface area (Å²) in [5, 5.41) is 9.91. The number of amides is 2. The van der Waals surface area contributed by atoms with Crippen LogP contribution in [0, 0.1) is 0 Å². The Kier molecular flexibility index (Phi) is 6.03. The third-order valence-electron chi connectivity index (χ3n) is 3.86. The first kappa shape index (κ1) is 18.8. The van der Waals surface area contributed by atoms with Crippen molar-refractivity contribution in [3.63, 3.8) is 0 Å². The summed E-state index contributed by atoms with van der Waals surface area (Å²) in [6.45, 7) is 1.43. The number of carbonyl (C=O) groups excluding carboxylic acids is 2. The number of rotatable bonds is 6. The highest BCUT2D eigenvalue weighted by Gasteiger charge is 2.10. The Labute approximate surface area is 165 Å². The van der Waals surface area contributed by atoms with Crippen LogP contribution < -0.4 is 10.6 Å². The van der Waals surface area contributed by atoms with Gasteiger partial charge in [0.05, 0.1) is 23.3 Å². The summed E-state index contributed by atoms with van der Waals surface area (Å²) in [4.78, 5) is 23.7. The second kappa shape index (κ2) is 8.64. The SMILES string of the molecule is CC(=O)Nc1ccc(Br)cc1NC(=O)CCc1cnn(-c2ccccc2)c1. The first-order valence-corrected chi connectivity index (χ1v) is 9.26. The molecule has 3 rings (SSSR count). The molecule has 0 radical (unpaired) electrons. The molecule has 0 bridgehead atoms. The average molecular weight is 427 g/mol. The molecule has 0 atom stereocenters. The van der Waals surface area contributed by atoms with Crippen molar-refractivity contribution in [2.75, 3.05) is 10.6 Å². The van der Waals surface area contributed by atoms with E-state index in [1.54, 1.807) is 29.1 Å². The molecule has 138 valence electrons. The van der Waals surface area contributed by atoms with Gasteiger partial charge in [-0.1, -0.05) is 34.1 Å². The number of anilines is 2. The van der Waals surface area contributed by atoms with Gasteiger partial charge in [0.2, 0.25) is 11.8 Å². The highest BCUT2D eigenvalue weighted by atomic mass is 79.9. The summed E-state index contributed by atoms with van der Waals surface area (Å²) < 4.78 is 2.60. The molecule has 0 fully saturated rings. The molecule has 0 saturated carbocycles. The molecule has 0 spiro atoms. The maximum absolute atomic E-state index is 12.3. The van der Waals surface area contributed by atoms with Crippen LogP contribution in [0.15, 0.2) is 65.4 Å². The van der Waals surface area contributed by atoms with Gasteiger partial charge in [-0.2, -0.15) is 5.10 Å². The number of nitrogens with zero attached hydrogens (tertiary/aromatic N) is 2. The van der Waals surface area contributed by atoms with Gasteiger partial charge in [0.15, 0.2) is 0 Å². The molecule has 0 unspecified atom stereocenters. The van der Waals surface area contributed by atoms with Gasteiger partial charge in [0.1, 0.15) is 0 Å². The Balaban J connectivity index is 1.61. The first-order chi connectivity index (χ1) is 13.0. The summed E-state index contributed by atoms with van der Waals surface area (Å²) in [7, 11) is 0. The van der Waals surface area contributed by atoms with Crippen molar-refractivity contribution in [2.45, 2.75) is 19.8 Å². The predicted molar refractivity (Wildman–Crippen MR) is 109 cm³/mol. The number of aromatic nitrogens is 2. The lowest BCUT2D eigenvalue weighted by molar-refractivity contribution is -0.116. The van der Waals surface area contributed by atoms with Crippen LogP contribution in [0.2, 0.25) is 0 Å². The molecular weight excluding hydrogens is 408 g/mol. The molecular formula is C20H19BrN4O2. The van der Waals surface area contributed by atoms with Crippen LogP contribution in [-0.4, -0.2) is 21.6 Å². The molecule has 2 amide bonds. The van der Waals surface area contributed by atoms with Crippen molar-refractivity contribution in [3.8, 4) is 5.69 Å². The number of hydrogen-bond acceptors (Lipinski definition) is 3. The molecule has 0 aliphatic rings. The van der Waals surface area contributed by atoms with Crippen molar-refractivity contribution in [1.29, 1.82) is 0 Å². The maximum atomic E-state index is 12.3. The largest absolute Gasteiger partial charge is 0.325 e. The van der Waals surface area contributed by atoms with E-state index in [-0.39, 0.29) is 11.8 Å². The number of nitrogens with one attached hydrogen (secondary N) is 2. The second-order valence-corrected chi connectivity index (χ2v) is 6.96. The van der Waals surface area contributed by atoms with Crippen molar-refractivity contribution < 1.29 is 9.59 Å². The number of halogens is 1. The number of benzene rings is 2. The van der Waals surface area contributed by atoms with Crippen LogP contribution in [0.4, 0.5) is 11.4 Å². The quantitative estimate of drug-likeness (QED) is 0.620. The summed E-state index contributed by atoms with van der Waals surface area (Å²) in [6.07, 6.45) is 4.57. The summed E-state index contributed by atoms with van der Waals surface area (Å²) in [6, 6.07) is 15.1. The second-order valence-electron chi connectivity index (χ2n) is 6.05. The summed E-state index contributed by atoms with van der Waals surface area (Å²) in [5.74, 6) is -0.326. The number of aryl methyl sites for hydroxylation is 1. The molecule has 7 heteroatoms. The lowest BCUT2D eigenvalue weighted by Crippen LogP contribution is -2.15.